The SMILES string of the molecule is CC(=O)Nc1ccc(C(=O)OCC(=O)NC(=O)c2ccccc2)cc1. The van der Waals surface area contributed by atoms with Crippen LogP contribution in [0, 0.1) is 0 Å². The van der Waals surface area contributed by atoms with Crippen LogP contribution in [-0.4, -0.2) is 30.3 Å². The van der Waals surface area contributed by atoms with Gasteiger partial charge in [0.15, 0.2) is 6.61 Å². The molecule has 0 saturated heterocycles. The molecule has 0 atom stereocenters. The Labute approximate surface area is 144 Å². The number of benzene rings is 2. The number of carbonyl (C=O) groups excluding carboxylic acids is 4. The second kappa shape index (κ2) is 8.39. The van der Waals surface area contributed by atoms with Crippen LogP contribution in [0.4, 0.5) is 5.69 Å². The van der Waals surface area contributed by atoms with Crippen molar-refractivity contribution in [2.75, 3.05) is 11.9 Å². The standard InChI is InChI=1S/C18H16N2O5/c1-12(21)19-15-9-7-14(8-10-15)18(24)25-11-16(22)20-17(23)13-5-3-2-4-6-13/h2-10H,11H2,1H3,(H,19,21)(H,20,22,23). The molecule has 0 saturated carbocycles. The van der Waals surface area contributed by atoms with Crippen molar-refractivity contribution in [1.29, 1.82) is 0 Å². The summed E-state index contributed by atoms with van der Waals surface area (Å²) in [6.07, 6.45) is 0. The van der Waals surface area contributed by atoms with Crippen molar-refractivity contribution in [2.24, 2.45) is 0 Å². The van der Waals surface area contributed by atoms with Crippen LogP contribution >= 0.6 is 0 Å². The first-order chi connectivity index (χ1) is 12.0. The van der Waals surface area contributed by atoms with E-state index < -0.39 is 24.4 Å². The third kappa shape index (κ3) is 5.58. The van der Waals surface area contributed by atoms with Gasteiger partial charge in [-0.3, -0.25) is 19.7 Å². The Balaban J connectivity index is 1.84. The summed E-state index contributed by atoms with van der Waals surface area (Å²) in [6, 6.07) is 14.2. The average molecular weight is 340 g/mol. The van der Waals surface area contributed by atoms with Crippen molar-refractivity contribution in [1.82, 2.24) is 5.32 Å². The van der Waals surface area contributed by atoms with Crippen LogP contribution in [0.1, 0.15) is 27.6 Å². The van der Waals surface area contributed by atoms with Crippen LogP contribution in [0.15, 0.2) is 54.6 Å². The van der Waals surface area contributed by atoms with E-state index in [1.165, 1.54) is 31.2 Å². The van der Waals surface area contributed by atoms with Gasteiger partial charge < -0.3 is 10.1 Å². The van der Waals surface area contributed by atoms with Crippen LogP contribution in [0.3, 0.4) is 0 Å². The number of nitrogens with one attached hydrogen (secondary N) is 2. The zero-order valence-electron chi connectivity index (χ0n) is 13.4. The van der Waals surface area contributed by atoms with Gasteiger partial charge >= 0.3 is 5.97 Å². The summed E-state index contributed by atoms with van der Waals surface area (Å²) < 4.78 is 4.86. The molecular formula is C18H16N2O5. The largest absolute Gasteiger partial charge is 0.452 e. The molecule has 0 spiro atoms. The fraction of sp³-hybridized carbons (Fsp3) is 0.111. The Kier molecular flexibility index (Phi) is 6.00. The predicted molar refractivity (Wildman–Crippen MR) is 89.9 cm³/mol. The lowest BCUT2D eigenvalue weighted by Gasteiger charge is -2.07. The van der Waals surface area contributed by atoms with E-state index in [0.717, 1.165) is 0 Å². The van der Waals surface area contributed by atoms with Crippen molar-refractivity contribution in [3.05, 3.63) is 65.7 Å². The van der Waals surface area contributed by atoms with Crippen LogP contribution < -0.4 is 10.6 Å². The number of hydrogen-bond donors (Lipinski definition) is 2. The molecule has 2 aromatic carbocycles. The second-order valence-electron chi connectivity index (χ2n) is 5.08. The summed E-state index contributed by atoms with van der Waals surface area (Å²) in [6.45, 7) is 0.794. The van der Waals surface area contributed by atoms with E-state index in [4.69, 9.17) is 4.74 Å². The van der Waals surface area contributed by atoms with Gasteiger partial charge in [0, 0.05) is 18.2 Å². The van der Waals surface area contributed by atoms with Crippen molar-refractivity contribution < 1.29 is 23.9 Å². The minimum absolute atomic E-state index is 0.219. The van der Waals surface area contributed by atoms with E-state index in [1.54, 1.807) is 30.3 Å². The van der Waals surface area contributed by atoms with Crippen molar-refractivity contribution in [3.8, 4) is 0 Å². The second-order valence-corrected chi connectivity index (χ2v) is 5.08. The number of ether oxygens (including phenoxy) is 1. The van der Waals surface area contributed by atoms with Crippen LogP contribution in [0.5, 0.6) is 0 Å². The lowest BCUT2D eigenvalue weighted by atomic mass is 10.2. The van der Waals surface area contributed by atoms with Crippen molar-refractivity contribution in [3.63, 3.8) is 0 Å². The summed E-state index contributed by atoms with van der Waals surface area (Å²) in [7, 11) is 0. The summed E-state index contributed by atoms with van der Waals surface area (Å²) in [4.78, 5) is 46.3. The summed E-state index contributed by atoms with van der Waals surface area (Å²) in [5.74, 6) is -2.23. The van der Waals surface area contributed by atoms with Gasteiger partial charge in [0.1, 0.15) is 0 Å². The highest BCUT2D eigenvalue weighted by atomic mass is 16.5. The molecule has 7 heteroatoms. The molecule has 0 radical (unpaired) electrons. The highest BCUT2D eigenvalue weighted by Crippen LogP contribution is 2.10. The minimum Gasteiger partial charge on any atom is -0.452 e. The summed E-state index contributed by atoms with van der Waals surface area (Å²) in [5.41, 5.74) is 1.09. The highest BCUT2D eigenvalue weighted by molar-refractivity contribution is 6.05. The Morgan fingerprint density at radius 3 is 2.12 bits per heavy atom. The molecule has 0 aliphatic heterocycles. The van der Waals surface area contributed by atoms with Gasteiger partial charge in [-0.15, -0.1) is 0 Å². The molecule has 128 valence electrons. The average Bonchev–Trinajstić information content (AvgIpc) is 2.60. The van der Waals surface area contributed by atoms with Crippen LogP contribution in [0.2, 0.25) is 0 Å². The van der Waals surface area contributed by atoms with E-state index in [1.807, 2.05) is 0 Å². The molecule has 2 N–H and O–H groups in total. The van der Waals surface area contributed by atoms with Gasteiger partial charge in [0.05, 0.1) is 5.56 Å². The van der Waals surface area contributed by atoms with E-state index >= 15 is 0 Å². The van der Waals surface area contributed by atoms with Crippen LogP contribution in [-0.2, 0) is 14.3 Å². The Hall–Kier alpha value is -3.48. The quantitative estimate of drug-likeness (QED) is 0.808. The lowest BCUT2D eigenvalue weighted by Crippen LogP contribution is -2.34. The Morgan fingerprint density at radius 1 is 0.880 bits per heavy atom. The van der Waals surface area contributed by atoms with Gasteiger partial charge in [0.25, 0.3) is 11.8 Å². The maximum Gasteiger partial charge on any atom is 0.338 e. The van der Waals surface area contributed by atoms with Gasteiger partial charge in [-0.25, -0.2) is 4.79 Å². The van der Waals surface area contributed by atoms with Gasteiger partial charge in [-0.05, 0) is 36.4 Å². The van der Waals surface area contributed by atoms with E-state index in [0.29, 0.717) is 11.3 Å². The highest BCUT2D eigenvalue weighted by Gasteiger charge is 2.13. The summed E-state index contributed by atoms with van der Waals surface area (Å²) >= 11 is 0. The monoisotopic (exact) mass is 340 g/mol. The number of hydrogen-bond acceptors (Lipinski definition) is 5. The molecule has 0 unspecified atom stereocenters. The number of carbonyl (C=O) groups is 4. The zero-order chi connectivity index (χ0) is 18.2. The fourth-order valence-electron chi connectivity index (χ4n) is 1.93. The predicted octanol–water partition coefficient (Wildman–Crippen LogP) is 1.76. The minimum atomic E-state index is -0.725. The number of anilines is 1. The Bertz CT molecular complexity index is 785. The number of amides is 3. The normalized spacial score (nSPS) is 9.80. The molecular weight excluding hydrogens is 324 g/mol. The molecule has 0 aliphatic rings. The smallest absolute Gasteiger partial charge is 0.338 e. The molecule has 3 amide bonds. The molecule has 25 heavy (non-hydrogen) atoms. The first kappa shape index (κ1) is 17.9. The topological polar surface area (TPSA) is 102 Å². The molecule has 0 aromatic heterocycles. The Morgan fingerprint density at radius 2 is 1.52 bits per heavy atom. The van der Waals surface area contributed by atoms with E-state index in [9.17, 15) is 19.2 Å². The molecule has 2 rings (SSSR count). The fourth-order valence-corrected chi connectivity index (χ4v) is 1.93. The molecule has 0 heterocycles. The van der Waals surface area contributed by atoms with Gasteiger partial charge in [0.2, 0.25) is 5.91 Å². The zero-order valence-corrected chi connectivity index (χ0v) is 13.4. The van der Waals surface area contributed by atoms with Gasteiger partial charge in [-0.1, -0.05) is 18.2 Å². The van der Waals surface area contributed by atoms with E-state index in [-0.39, 0.29) is 11.5 Å². The molecule has 7 nitrogen and oxygen atoms in total. The number of esters is 1. The number of imide groups is 1. The number of rotatable bonds is 5. The molecule has 0 bridgehead atoms. The first-order valence-corrected chi connectivity index (χ1v) is 7.39. The maximum absolute atomic E-state index is 11.9. The van der Waals surface area contributed by atoms with Gasteiger partial charge in [-0.2, -0.15) is 0 Å². The first-order valence-electron chi connectivity index (χ1n) is 7.39. The third-order valence-corrected chi connectivity index (χ3v) is 3.06. The molecule has 0 aliphatic carbocycles. The van der Waals surface area contributed by atoms with Crippen molar-refractivity contribution in [2.45, 2.75) is 6.92 Å². The van der Waals surface area contributed by atoms with Crippen LogP contribution in [0.25, 0.3) is 0 Å². The van der Waals surface area contributed by atoms with Crippen molar-refractivity contribution >= 4 is 29.4 Å². The lowest BCUT2D eigenvalue weighted by molar-refractivity contribution is -0.123. The summed E-state index contributed by atoms with van der Waals surface area (Å²) in [5, 5.41) is 4.70. The maximum atomic E-state index is 11.9. The van der Waals surface area contributed by atoms with E-state index in [2.05, 4.69) is 10.6 Å². The molecule has 0 fully saturated rings. The molecule has 2 aromatic rings. The third-order valence-electron chi connectivity index (χ3n) is 3.06.